The van der Waals surface area contributed by atoms with Crippen molar-refractivity contribution in [1.29, 1.82) is 0 Å². The van der Waals surface area contributed by atoms with Gasteiger partial charge in [0.2, 0.25) is 5.91 Å². The van der Waals surface area contributed by atoms with E-state index in [1.807, 2.05) is 0 Å². The minimum Gasteiger partial charge on any atom is -0.394 e. The van der Waals surface area contributed by atoms with Gasteiger partial charge in [0.05, 0.1) is 18.8 Å². The summed E-state index contributed by atoms with van der Waals surface area (Å²) in [5.74, 6) is -0.158. The molecule has 0 aromatic heterocycles. The van der Waals surface area contributed by atoms with Gasteiger partial charge in [0.15, 0.2) is 0 Å². The van der Waals surface area contributed by atoms with E-state index in [4.69, 9.17) is 0 Å². The van der Waals surface area contributed by atoms with Crippen molar-refractivity contribution in [3.05, 3.63) is 12.2 Å². The van der Waals surface area contributed by atoms with Crippen LogP contribution in [0.5, 0.6) is 0 Å². The SMILES string of the molecule is CCCCC/C=C/CCCC(O)C(O)C(CO)NC(=O)CCCCCCCCCCCCCCCC. The van der Waals surface area contributed by atoms with Gasteiger partial charge in [-0.15, -0.1) is 0 Å². The van der Waals surface area contributed by atoms with Gasteiger partial charge >= 0.3 is 0 Å². The van der Waals surface area contributed by atoms with Gasteiger partial charge in [-0.05, 0) is 38.5 Å². The number of rotatable bonds is 27. The Hall–Kier alpha value is -0.910. The van der Waals surface area contributed by atoms with E-state index in [1.165, 1.54) is 89.9 Å². The molecule has 3 atom stereocenters. The van der Waals surface area contributed by atoms with Crippen LogP contribution in [-0.4, -0.2) is 46.1 Å². The fourth-order valence-corrected chi connectivity index (χ4v) is 4.63. The van der Waals surface area contributed by atoms with Crippen LogP contribution >= 0.6 is 0 Å². The van der Waals surface area contributed by atoms with E-state index in [1.54, 1.807) is 0 Å². The standard InChI is InChI=1S/C31H61NO4/c1-3-5-7-9-11-13-14-15-16-17-18-20-22-24-26-30(35)32-28(27-33)31(36)29(34)25-23-21-19-12-10-8-6-4-2/h12,19,28-29,31,33-34,36H,3-11,13-18,20-27H2,1-2H3,(H,32,35)/b19-12+. The number of amides is 1. The first-order valence-corrected chi connectivity index (χ1v) is 15.5. The highest BCUT2D eigenvalue weighted by Gasteiger charge is 2.26. The summed E-state index contributed by atoms with van der Waals surface area (Å²) in [6.07, 6.45) is 27.3. The molecule has 0 aliphatic rings. The third-order valence-corrected chi connectivity index (χ3v) is 7.12. The number of hydrogen-bond donors (Lipinski definition) is 4. The predicted molar refractivity (Wildman–Crippen MR) is 153 cm³/mol. The quantitative estimate of drug-likeness (QED) is 0.0685. The maximum Gasteiger partial charge on any atom is 0.220 e. The molecular weight excluding hydrogens is 450 g/mol. The Morgan fingerprint density at radius 3 is 1.61 bits per heavy atom. The number of nitrogens with one attached hydrogen (secondary N) is 1. The molecule has 1 amide bonds. The predicted octanol–water partition coefficient (Wildman–Crippen LogP) is 7.36. The van der Waals surface area contributed by atoms with E-state index < -0.39 is 18.2 Å². The van der Waals surface area contributed by atoms with Crippen LogP contribution in [0.25, 0.3) is 0 Å². The molecule has 0 aliphatic carbocycles. The number of carbonyl (C=O) groups is 1. The summed E-state index contributed by atoms with van der Waals surface area (Å²) >= 11 is 0. The molecule has 0 spiro atoms. The van der Waals surface area contributed by atoms with E-state index >= 15 is 0 Å². The molecule has 214 valence electrons. The Balaban J connectivity index is 3.74. The lowest BCUT2D eigenvalue weighted by Gasteiger charge is -2.26. The average molecular weight is 512 g/mol. The molecule has 0 rings (SSSR count). The van der Waals surface area contributed by atoms with Crippen LogP contribution in [0.1, 0.15) is 155 Å². The third-order valence-electron chi connectivity index (χ3n) is 7.12. The summed E-state index contributed by atoms with van der Waals surface area (Å²) in [5, 5.41) is 33.0. The molecule has 0 radical (unpaired) electrons. The van der Waals surface area contributed by atoms with E-state index in [0.29, 0.717) is 12.8 Å². The molecule has 5 heteroatoms. The molecule has 0 bridgehead atoms. The molecule has 0 heterocycles. The zero-order chi connectivity index (χ0) is 26.7. The Labute approximate surface area is 223 Å². The summed E-state index contributed by atoms with van der Waals surface area (Å²) in [4.78, 5) is 12.2. The molecule has 0 fully saturated rings. The van der Waals surface area contributed by atoms with Gasteiger partial charge in [0.1, 0.15) is 6.10 Å². The first-order valence-electron chi connectivity index (χ1n) is 15.5. The van der Waals surface area contributed by atoms with E-state index in [9.17, 15) is 20.1 Å². The summed E-state index contributed by atoms with van der Waals surface area (Å²) in [7, 11) is 0. The molecule has 3 unspecified atom stereocenters. The highest BCUT2D eigenvalue weighted by Crippen LogP contribution is 2.14. The van der Waals surface area contributed by atoms with E-state index in [0.717, 1.165) is 38.5 Å². The molecule has 0 saturated carbocycles. The maximum atomic E-state index is 12.2. The molecule has 0 aromatic carbocycles. The third kappa shape index (κ3) is 22.3. The second-order valence-corrected chi connectivity index (χ2v) is 10.7. The Bertz CT molecular complexity index is 497. The average Bonchev–Trinajstić information content (AvgIpc) is 2.88. The molecular formula is C31H61NO4. The van der Waals surface area contributed by atoms with Crippen LogP contribution in [0, 0.1) is 0 Å². The monoisotopic (exact) mass is 511 g/mol. The lowest BCUT2D eigenvalue weighted by Crippen LogP contribution is -2.50. The lowest BCUT2D eigenvalue weighted by molar-refractivity contribution is -0.124. The number of allylic oxidation sites excluding steroid dienone is 2. The minimum atomic E-state index is -1.15. The van der Waals surface area contributed by atoms with Crippen molar-refractivity contribution in [2.45, 2.75) is 173 Å². The van der Waals surface area contributed by atoms with E-state index in [-0.39, 0.29) is 12.5 Å². The van der Waals surface area contributed by atoms with Crippen LogP contribution in [-0.2, 0) is 4.79 Å². The minimum absolute atomic E-state index is 0.158. The van der Waals surface area contributed by atoms with Crippen LogP contribution in [0.3, 0.4) is 0 Å². The van der Waals surface area contributed by atoms with Crippen LogP contribution in [0.15, 0.2) is 12.2 Å². The number of unbranched alkanes of at least 4 members (excludes halogenated alkanes) is 17. The van der Waals surface area contributed by atoms with Crippen LogP contribution in [0.2, 0.25) is 0 Å². The molecule has 0 aliphatic heterocycles. The Morgan fingerprint density at radius 2 is 1.11 bits per heavy atom. The highest BCUT2D eigenvalue weighted by molar-refractivity contribution is 5.76. The van der Waals surface area contributed by atoms with Gasteiger partial charge in [0.25, 0.3) is 0 Å². The number of aliphatic hydroxyl groups excluding tert-OH is 3. The van der Waals surface area contributed by atoms with Crippen molar-refractivity contribution < 1.29 is 20.1 Å². The summed E-state index contributed by atoms with van der Waals surface area (Å²) in [6, 6.07) is -0.816. The van der Waals surface area contributed by atoms with Crippen molar-refractivity contribution in [3.63, 3.8) is 0 Å². The fraction of sp³-hybridized carbons (Fsp3) is 0.903. The molecule has 0 aromatic rings. The van der Waals surface area contributed by atoms with Gasteiger partial charge in [-0.1, -0.05) is 122 Å². The maximum absolute atomic E-state index is 12.2. The second kappa shape index (κ2) is 27.1. The van der Waals surface area contributed by atoms with Crippen LogP contribution < -0.4 is 5.32 Å². The number of carbonyl (C=O) groups excluding carboxylic acids is 1. The van der Waals surface area contributed by atoms with E-state index in [2.05, 4.69) is 31.3 Å². The summed E-state index contributed by atoms with van der Waals surface area (Å²) in [6.45, 7) is 4.08. The first-order chi connectivity index (χ1) is 17.6. The molecule has 5 nitrogen and oxygen atoms in total. The van der Waals surface area contributed by atoms with Crippen LogP contribution in [0.4, 0.5) is 0 Å². The highest BCUT2D eigenvalue weighted by atomic mass is 16.3. The van der Waals surface area contributed by atoms with Crippen molar-refractivity contribution in [2.75, 3.05) is 6.61 Å². The second-order valence-electron chi connectivity index (χ2n) is 10.7. The van der Waals surface area contributed by atoms with Gasteiger partial charge in [0, 0.05) is 6.42 Å². The zero-order valence-corrected chi connectivity index (χ0v) is 23.9. The number of aliphatic hydroxyl groups is 3. The smallest absolute Gasteiger partial charge is 0.220 e. The van der Waals surface area contributed by atoms with Crippen molar-refractivity contribution in [1.82, 2.24) is 5.32 Å². The van der Waals surface area contributed by atoms with Crippen molar-refractivity contribution in [2.24, 2.45) is 0 Å². The Morgan fingerprint density at radius 1 is 0.667 bits per heavy atom. The van der Waals surface area contributed by atoms with Crippen molar-refractivity contribution >= 4 is 5.91 Å². The fourth-order valence-electron chi connectivity index (χ4n) is 4.63. The topological polar surface area (TPSA) is 89.8 Å². The largest absolute Gasteiger partial charge is 0.394 e. The van der Waals surface area contributed by atoms with Gasteiger partial charge in [-0.25, -0.2) is 0 Å². The van der Waals surface area contributed by atoms with Gasteiger partial charge < -0.3 is 20.6 Å². The molecule has 0 saturated heterocycles. The molecule has 36 heavy (non-hydrogen) atoms. The normalized spacial score (nSPS) is 14.2. The summed E-state index contributed by atoms with van der Waals surface area (Å²) < 4.78 is 0. The first kappa shape index (κ1) is 35.1. The summed E-state index contributed by atoms with van der Waals surface area (Å²) in [5.41, 5.74) is 0. The Kier molecular flexibility index (Phi) is 26.4. The van der Waals surface area contributed by atoms with Gasteiger partial charge in [-0.3, -0.25) is 4.79 Å². The van der Waals surface area contributed by atoms with Gasteiger partial charge in [-0.2, -0.15) is 0 Å². The zero-order valence-electron chi connectivity index (χ0n) is 23.9. The molecule has 4 N–H and O–H groups in total. The van der Waals surface area contributed by atoms with Crippen molar-refractivity contribution in [3.8, 4) is 0 Å². The number of hydrogen-bond acceptors (Lipinski definition) is 4. The lowest BCUT2D eigenvalue weighted by atomic mass is 10.0.